The molecule has 0 saturated heterocycles. The predicted molar refractivity (Wildman–Crippen MR) is 47.1 cm³/mol. The molecule has 7 N–H and O–H groups in total. The zero-order valence-electron chi connectivity index (χ0n) is 6.90. The first-order valence-electron chi connectivity index (χ1n) is 3.70. The molecule has 0 aliphatic heterocycles. The third-order valence-corrected chi connectivity index (χ3v) is 2.04. The van der Waals surface area contributed by atoms with Crippen molar-refractivity contribution >= 4 is 5.97 Å². The number of aliphatic carboxylic acids is 1. The molecule has 0 fully saturated rings. The Labute approximate surface area is 75.2 Å². The van der Waals surface area contributed by atoms with E-state index >= 15 is 0 Å². The lowest BCUT2D eigenvalue weighted by atomic mass is 9.87. The maximum absolute atomic E-state index is 11.0. The fraction of sp³-hybridized carbons (Fsp3) is 0.286. The summed E-state index contributed by atoms with van der Waals surface area (Å²) in [6, 6.07) is -0.569. The highest BCUT2D eigenvalue weighted by Gasteiger charge is 2.42. The maximum atomic E-state index is 11.0. The van der Waals surface area contributed by atoms with Crippen molar-refractivity contribution in [1.29, 1.82) is 0 Å². The number of allylic oxidation sites excluding steroid dienone is 2. The highest BCUT2D eigenvalue weighted by atomic mass is 16.4. The Hall–Kier alpha value is -1.21. The number of rotatable bonds is 3. The summed E-state index contributed by atoms with van der Waals surface area (Å²) in [5.74, 6) is 9.31. The van der Waals surface area contributed by atoms with Crippen LogP contribution in [0.4, 0.5) is 0 Å². The van der Waals surface area contributed by atoms with E-state index in [1.165, 1.54) is 6.08 Å². The Bertz CT molecular complexity index is 263. The van der Waals surface area contributed by atoms with Crippen LogP contribution >= 0.6 is 0 Å². The van der Waals surface area contributed by atoms with Crippen LogP contribution in [0.25, 0.3) is 0 Å². The standard InChI is InChI=1S/C7H12N4O2/c8-10-5-3-1-2-4-7(5,11-9)6(12)13/h1-5,10-11H,8-9H2,(H,12,13). The number of hydrazine groups is 2. The van der Waals surface area contributed by atoms with E-state index in [1.807, 2.05) is 0 Å². The van der Waals surface area contributed by atoms with Crippen molar-refractivity contribution in [3.05, 3.63) is 24.3 Å². The summed E-state index contributed by atoms with van der Waals surface area (Å²) >= 11 is 0. The Kier molecular flexibility index (Phi) is 2.79. The molecule has 1 aliphatic carbocycles. The Balaban J connectivity index is 3.02. The maximum Gasteiger partial charge on any atom is 0.331 e. The Morgan fingerprint density at radius 1 is 1.46 bits per heavy atom. The van der Waals surface area contributed by atoms with Gasteiger partial charge in [-0.25, -0.2) is 10.2 Å². The molecule has 13 heavy (non-hydrogen) atoms. The number of carboxylic acids is 1. The van der Waals surface area contributed by atoms with E-state index in [4.69, 9.17) is 16.8 Å². The van der Waals surface area contributed by atoms with Gasteiger partial charge in [-0.3, -0.25) is 17.1 Å². The largest absolute Gasteiger partial charge is 0.480 e. The molecular weight excluding hydrogens is 172 g/mol. The van der Waals surface area contributed by atoms with E-state index in [1.54, 1.807) is 18.2 Å². The quantitative estimate of drug-likeness (QED) is 0.262. The van der Waals surface area contributed by atoms with E-state index in [9.17, 15) is 4.79 Å². The molecule has 0 bridgehead atoms. The lowest BCUT2D eigenvalue weighted by Gasteiger charge is -2.33. The van der Waals surface area contributed by atoms with E-state index in [-0.39, 0.29) is 0 Å². The molecule has 0 amide bonds. The summed E-state index contributed by atoms with van der Waals surface area (Å²) in [4.78, 5) is 11.0. The molecule has 0 aromatic carbocycles. The lowest BCUT2D eigenvalue weighted by Crippen LogP contribution is -2.66. The Morgan fingerprint density at radius 2 is 2.15 bits per heavy atom. The molecule has 0 aromatic heterocycles. The Morgan fingerprint density at radius 3 is 2.54 bits per heavy atom. The van der Waals surface area contributed by atoms with Gasteiger partial charge in [0.15, 0.2) is 5.54 Å². The van der Waals surface area contributed by atoms with Crippen molar-refractivity contribution < 1.29 is 9.90 Å². The summed E-state index contributed by atoms with van der Waals surface area (Å²) in [7, 11) is 0. The van der Waals surface area contributed by atoms with Gasteiger partial charge in [-0.05, 0) is 0 Å². The van der Waals surface area contributed by atoms with Crippen molar-refractivity contribution in [3.8, 4) is 0 Å². The number of hydrogen-bond donors (Lipinski definition) is 5. The fourth-order valence-electron chi connectivity index (χ4n) is 1.23. The average molecular weight is 184 g/mol. The van der Waals surface area contributed by atoms with Crippen LogP contribution in [0.5, 0.6) is 0 Å². The molecule has 0 spiro atoms. The van der Waals surface area contributed by atoms with Gasteiger partial charge in [-0.15, -0.1) is 0 Å². The molecular formula is C7H12N4O2. The third-order valence-electron chi connectivity index (χ3n) is 2.04. The third kappa shape index (κ3) is 1.47. The first kappa shape index (κ1) is 9.87. The predicted octanol–water partition coefficient (Wildman–Crippen LogP) is -1.77. The minimum absolute atomic E-state index is 0.569. The number of carboxylic acid groups (broad SMARTS) is 1. The van der Waals surface area contributed by atoms with Crippen LogP contribution in [0.2, 0.25) is 0 Å². The molecule has 0 aromatic rings. The summed E-state index contributed by atoms with van der Waals surface area (Å²) in [5, 5.41) is 8.97. The highest BCUT2D eigenvalue weighted by Crippen LogP contribution is 2.17. The fourth-order valence-corrected chi connectivity index (χ4v) is 1.23. The van der Waals surface area contributed by atoms with Gasteiger partial charge in [0.2, 0.25) is 0 Å². The molecule has 6 heteroatoms. The minimum Gasteiger partial charge on any atom is -0.480 e. The molecule has 6 nitrogen and oxygen atoms in total. The molecule has 0 radical (unpaired) electrons. The number of carbonyl (C=O) groups is 1. The van der Waals surface area contributed by atoms with Crippen LogP contribution in [0.1, 0.15) is 0 Å². The molecule has 2 unspecified atom stereocenters. The van der Waals surface area contributed by atoms with Crippen molar-refractivity contribution in [2.24, 2.45) is 11.7 Å². The summed E-state index contributed by atoms with van der Waals surface area (Å²) < 4.78 is 0. The van der Waals surface area contributed by atoms with Gasteiger partial charge in [0.25, 0.3) is 0 Å². The molecule has 1 aliphatic rings. The minimum atomic E-state index is -1.37. The molecule has 2 atom stereocenters. The summed E-state index contributed by atoms with van der Waals surface area (Å²) in [6.07, 6.45) is 6.36. The van der Waals surface area contributed by atoms with Gasteiger partial charge in [0.05, 0.1) is 6.04 Å². The molecule has 0 heterocycles. The monoisotopic (exact) mass is 184 g/mol. The average Bonchev–Trinajstić information content (AvgIpc) is 2.17. The van der Waals surface area contributed by atoms with Crippen LogP contribution in [0.15, 0.2) is 24.3 Å². The summed E-state index contributed by atoms with van der Waals surface area (Å²) in [6.45, 7) is 0. The van der Waals surface area contributed by atoms with E-state index in [0.29, 0.717) is 0 Å². The SMILES string of the molecule is NNC1C=CC=CC1(NN)C(=O)O. The second-order valence-corrected chi connectivity index (χ2v) is 2.71. The second kappa shape index (κ2) is 3.67. The van der Waals surface area contributed by atoms with Crippen LogP contribution in [-0.2, 0) is 4.79 Å². The molecule has 72 valence electrons. The van der Waals surface area contributed by atoms with Gasteiger partial charge < -0.3 is 5.11 Å². The van der Waals surface area contributed by atoms with Crippen molar-refractivity contribution in [2.45, 2.75) is 11.6 Å². The number of nitrogens with one attached hydrogen (secondary N) is 2. The molecule has 0 saturated carbocycles. The zero-order chi connectivity index (χ0) is 9.90. The molecule has 1 rings (SSSR count). The van der Waals surface area contributed by atoms with Crippen molar-refractivity contribution in [3.63, 3.8) is 0 Å². The first-order chi connectivity index (χ1) is 6.17. The van der Waals surface area contributed by atoms with Crippen LogP contribution in [0, 0.1) is 0 Å². The smallest absolute Gasteiger partial charge is 0.331 e. The van der Waals surface area contributed by atoms with Gasteiger partial charge in [-0.2, -0.15) is 0 Å². The van der Waals surface area contributed by atoms with Gasteiger partial charge in [-0.1, -0.05) is 24.3 Å². The highest BCUT2D eigenvalue weighted by molar-refractivity contribution is 5.83. The van der Waals surface area contributed by atoms with Gasteiger partial charge in [0.1, 0.15) is 0 Å². The first-order valence-corrected chi connectivity index (χ1v) is 3.70. The topological polar surface area (TPSA) is 113 Å². The van der Waals surface area contributed by atoms with Crippen molar-refractivity contribution in [1.82, 2.24) is 10.9 Å². The number of nitrogens with two attached hydrogens (primary N) is 2. The van der Waals surface area contributed by atoms with Crippen LogP contribution < -0.4 is 22.5 Å². The van der Waals surface area contributed by atoms with E-state index in [2.05, 4.69) is 10.9 Å². The zero-order valence-corrected chi connectivity index (χ0v) is 6.90. The normalized spacial score (nSPS) is 32.0. The van der Waals surface area contributed by atoms with Gasteiger partial charge >= 0.3 is 5.97 Å². The summed E-state index contributed by atoms with van der Waals surface area (Å²) in [5.41, 5.74) is 3.23. The van der Waals surface area contributed by atoms with E-state index in [0.717, 1.165) is 0 Å². The number of hydrogen-bond acceptors (Lipinski definition) is 5. The second-order valence-electron chi connectivity index (χ2n) is 2.71. The van der Waals surface area contributed by atoms with E-state index < -0.39 is 17.6 Å². The van der Waals surface area contributed by atoms with Crippen LogP contribution in [0.3, 0.4) is 0 Å². The van der Waals surface area contributed by atoms with Gasteiger partial charge in [0, 0.05) is 0 Å². The van der Waals surface area contributed by atoms with Crippen molar-refractivity contribution in [2.75, 3.05) is 0 Å². The lowest BCUT2D eigenvalue weighted by molar-refractivity contribution is -0.143. The van der Waals surface area contributed by atoms with Crippen LogP contribution in [-0.4, -0.2) is 22.7 Å².